The second-order valence-corrected chi connectivity index (χ2v) is 5.98. The third-order valence-corrected chi connectivity index (χ3v) is 5.09. The van der Waals surface area contributed by atoms with Gasteiger partial charge in [-0.25, -0.2) is 0 Å². The average Bonchev–Trinajstić information content (AvgIpc) is 2.25. The molecule has 0 aliphatic carbocycles. The Hall–Kier alpha value is 0.0569. The van der Waals surface area contributed by atoms with E-state index in [-0.39, 0.29) is 6.10 Å². The zero-order valence-corrected chi connectivity index (χ0v) is 10.8. The zero-order chi connectivity index (χ0) is 11.0. The van der Waals surface area contributed by atoms with Crippen molar-refractivity contribution in [2.45, 2.75) is 32.4 Å². The number of rotatable bonds is 8. The van der Waals surface area contributed by atoms with Gasteiger partial charge in [-0.05, 0) is 13.3 Å². The van der Waals surface area contributed by atoms with Gasteiger partial charge in [-0.2, -0.15) is 0 Å². The first kappa shape index (κ1) is 14.1. The smallest absolute Gasteiger partial charge is 0.379 e. The van der Waals surface area contributed by atoms with Crippen LogP contribution in [0, 0.1) is 0 Å². The Labute approximate surface area is 87.9 Å². The molecule has 0 saturated heterocycles. The second-order valence-electron chi connectivity index (χ2n) is 2.99. The van der Waals surface area contributed by atoms with E-state index in [1.54, 1.807) is 21.3 Å². The Morgan fingerprint density at radius 1 is 1.00 bits per heavy atom. The molecule has 0 rings (SSSR count). The molecule has 86 valence electrons. The van der Waals surface area contributed by atoms with Crippen LogP contribution in [0.25, 0.3) is 0 Å². The Kier molecular flexibility index (Phi) is 7.39. The molecule has 0 radical (unpaired) electrons. The standard InChI is InChI=1S/C9H22O4Si/c1-6-9(13-7-2)8-14(10-3,11-4)12-5/h9H,6-8H2,1-5H3. The third-order valence-electron chi connectivity index (χ3n) is 2.27. The summed E-state index contributed by atoms with van der Waals surface area (Å²) in [6.07, 6.45) is 1.10. The first-order valence-corrected chi connectivity index (χ1v) is 6.88. The quantitative estimate of drug-likeness (QED) is 0.586. The lowest BCUT2D eigenvalue weighted by Crippen LogP contribution is -2.46. The summed E-state index contributed by atoms with van der Waals surface area (Å²) < 4.78 is 21.5. The first-order chi connectivity index (χ1) is 6.67. The number of ether oxygens (including phenoxy) is 1. The lowest BCUT2D eigenvalue weighted by Gasteiger charge is -2.28. The van der Waals surface area contributed by atoms with Gasteiger partial charge in [0.1, 0.15) is 0 Å². The molecule has 0 aromatic heterocycles. The summed E-state index contributed by atoms with van der Waals surface area (Å²) in [4.78, 5) is 0. The molecule has 0 saturated carbocycles. The lowest BCUT2D eigenvalue weighted by molar-refractivity contribution is 0.0467. The van der Waals surface area contributed by atoms with Crippen molar-refractivity contribution < 1.29 is 18.0 Å². The van der Waals surface area contributed by atoms with Crippen molar-refractivity contribution in [2.75, 3.05) is 27.9 Å². The predicted octanol–water partition coefficient (Wildman–Crippen LogP) is 1.68. The van der Waals surface area contributed by atoms with Gasteiger partial charge in [-0.3, -0.25) is 0 Å². The molecule has 1 unspecified atom stereocenters. The molecule has 14 heavy (non-hydrogen) atoms. The largest absolute Gasteiger partial charge is 0.502 e. The summed E-state index contributed by atoms with van der Waals surface area (Å²) in [6, 6.07) is 0.709. The van der Waals surface area contributed by atoms with Crippen LogP contribution in [-0.4, -0.2) is 42.8 Å². The fraction of sp³-hybridized carbons (Fsp3) is 1.00. The minimum absolute atomic E-state index is 0.159. The van der Waals surface area contributed by atoms with Crippen LogP contribution in [0.1, 0.15) is 20.3 Å². The minimum Gasteiger partial charge on any atom is -0.379 e. The Morgan fingerprint density at radius 2 is 1.50 bits per heavy atom. The highest BCUT2D eigenvalue weighted by molar-refractivity contribution is 6.60. The van der Waals surface area contributed by atoms with Crippen LogP contribution in [-0.2, 0) is 18.0 Å². The minimum atomic E-state index is -2.46. The third kappa shape index (κ3) is 4.06. The molecule has 0 fully saturated rings. The van der Waals surface area contributed by atoms with Crippen LogP contribution in [0.15, 0.2) is 0 Å². The van der Waals surface area contributed by atoms with Gasteiger partial charge in [-0.15, -0.1) is 0 Å². The normalized spacial score (nSPS) is 14.4. The van der Waals surface area contributed by atoms with Crippen LogP contribution < -0.4 is 0 Å². The summed E-state index contributed by atoms with van der Waals surface area (Å²) in [6.45, 7) is 4.78. The molecule has 0 aromatic carbocycles. The van der Waals surface area contributed by atoms with Crippen LogP contribution >= 0.6 is 0 Å². The molecule has 0 aliphatic heterocycles. The van der Waals surface area contributed by atoms with Crippen molar-refractivity contribution in [3.63, 3.8) is 0 Å². The maximum atomic E-state index is 5.55. The van der Waals surface area contributed by atoms with E-state index in [9.17, 15) is 0 Å². The van der Waals surface area contributed by atoms with Crippen molar-refractivity contribution >= 4 is 8.80 Å². The van der Waals surface area contributed by atoms with Crippen LogP contribution in [0.5, 0.6) is 0 Å². The Morgan fingerprint density at radius 3 is 1.79 bits per heavy atom. The van der Waals surface area contributed by atoms with Crippen LogP contribution in [0.4, 0.5) is 0 Å². The molecule has 0 N–H and O–H groups in total. The summed E-state index contributed by atoms with van der Waals surface area (Å²) in [5, 5.41) is 0. The monoisotopic (exact) mass is 222 g/mol. The highest BCUT2D eigenvalue weighted by Gasteiger charge is 2.40. The average molecular weight is 222 g/mol. The van der Waals surface area contributed by atoms with Gasteiger partial charge in [0, 0.05) is 34.0 Å². The Balaban J connectivity index is 4.24. The maximum Gasteiger partial charge on any atom is 0.502 e. The van der Waals surface area contributed by atoms with Gasteiger partial charge in [0.05, 0.1) is 6.10 Å². The molecule has 0 amide bonds. The van der Waals surface area contributed by atoms with E-state index >= 15 is 0 Å². The van der Waals surface area contributed by atoms with E-state index < -0.39 is 8.80 Å². The Bertz CT molecular complexity index is 131. The number of hydrogen-bond acceptors (Lipinski definition) is 4. The summed E-state index contributed by atoms with van der Waals surface area (Å²) in [5.41, 5.74) is 0. The van der Waals surface area contributed by atoms with E-state index in [0.29, 0.717) is 12.7 Å². The van der Waals surface area contributed by atoms with Gasteiger partial charge >= 0.3 is 8.80 Å². The topological polar surface area (TPSA) is 36.9 Å². The summed E-state index contributed by atoms with van der Waals surface area (Å²) in [7, 11) is 2.41. The van der Waals surface area contributed by atoms with Crippen molar-refractivity contribution in [1.82, 2.24) is 0 Å². The van der Waals surface area contributed by atoms with Gasteiger partial charge in [0.2, 0.25) is 0 Å². The highest BCUT2D eigenvalue weighted by Crippen LogP contribution is 2.18. The fourth-order valence-electron chi connectivity index (χ4n) is 1.34. The van der Waals surface area contributed by atoms with Gasteiger partial charge in [0.25, 0.3) is 0 Å². The fourth-order valence-corrected chi connectivity index (χ4v) is 3.30. The van der Waals surface area contributed by atoms with Crippen LogP contribution in [0.3, 0.4) is 0 Å². The SMILES string of the molecule is CCOC(CC)C[Si](OC)(OC)OC. The molecule has 0 aromatic rings. The van der Waals surface area contributed by atoms with E-state index in [4.69, 9.17) is 18.0 Å². The molecular weight excluding hydrogens is 200 g/mol. The van der Waals surface area contributed by atoms with E-state index in [1.807, 2.05) is 6.92 Å². The first-order valence-electron chi connectivity index (χ1n) is 4.95. The van der Waals surface area contributed by atoms with E-state index in [2.05, 4.69) is 6.92 Å². The molecule has 0 bridgehead atoms. The summed E-state index contributed by atoms with van der Waals surface area (Å²) in [5.74, 6) is 0. The molecule has 4 nitrogen and oxygen atoms in total. The molecule has 0 spiro atoms. The van der Waals surface area contributed by atoms with Gasteiger partial charge in [-0.1, -0.05) is 6.92 Å². The summed E-state index contributed by atoms with van der Waals surface area (Å²) >= 11 is 0. The molecular formula is C9H22O4Si. The molecule has 0 aliphatic rings. The zero-order valence-electron chi connectivity index (χ0n) is 9.83. The number of hydrogen-bond donors (Lipinski definition) is 0. The van der Waals surface area contributed by atoms with Crippen LogP contribution in [0.2, 0.25) is 6.04 Å². The lowest BCUT2D eigenvalue weighted by atomic mass is 10.3. The highest BCUT2D eigenvalue weighted by atomic mass is 28.4. The van der Waals surface area contributed by atoms with Gasteiger partial charge < -0.3 is 18.0 Å². The molecule has 0 heterocycles. The van der Waals surface area contributed by atoms with Crippen molar-refractivity contribution in [2.24, 2.45) is 0 Å². The molecule has 1 atom stereocenters. The predicted molar refractivity (Wildman–Crippen MR) is 57.3 cm³/mol. The maximum absolute atomic E-state index is 5.55. The van der Waals surface area contributed by atoms with Gasteiger partial charge in [0.15, 0.2) is 0 Å². The van der Waals surface area contributed by atoms with Crippen molar-refractivity contribution in [3.8, 4) is 0 Å². The molecule has 5 heteroatoms. The second kappa shape index (κ2) is 7.36. The van der Waals surface area contributed by atoms with Crippen molar-refractivity contribution in [3.05, 3.63) is 0 Å². The van der Waals surface area contributed by atoms with Crippen molar-refractivity contribution in [1.29, 1.82) is 0 Å². The van der Waals surface area contributed by atoms with E-state index in [0.717, 1.165) is 6.42 Å². The van der Waals surface area contributed by atoms with E-state index in [1.165, 1.54) is 0 Å².